The molecule has 0 saturated heterocycles. The Balaban J connectivity index is 2.37. The Bertz CT molecular complexity index is 396. The van der Waals surface area contributed by atoms with Crippen LogP contribution in [0.3, 0.4) is 0 Å². The minimum Gasteiger partial charge on any atom is -0.282 e. The molecule has 0 N–H and O–H groups in total. The molecule has 1 aromatic carbocycles. The Morgan fingerprint density at radius 2 is 2.00 bits per heavy atom. The molecule has 1 aromatic rings. The molecule has 0 radical (unpaired) electrons. The molecule has 0 bridgehead atoms. The number of carbonyl (C=O) groups is 1. The highest BCUT2D eigenvalue weighted by Crippen LogP contribution is 2.13. The number of hydrogen-bond donors (Lipinski definition) is 0. The van der Waals surface area contributed by atoms with Crippen molar-refractivity contribution in [2.75, 3.05) is 5.75 Å². The zero-order valence-corrected chi connectivity index (χ0v) is 10.9. The van der Waals surface area contributed by atoms with Crippen LogP contribution in [0.2, 0.25) is 0 Å². The van der Waals surface area contributed by atoms with E-state index < -0.39 is 0 Å². The van der Waals surface area contributed by atoms with Gasteiger partial charge in [-0.25, -0.2) is 0 Å². The second-order valence-corrected chi connectivity index (χ2v) is 5.02. The largest absolute Gasteiger partial charge is 0.282 e. The van der Waals surface area contributed by atoms with Crippen molar-refractivity contribution in [1.29, 1.82) is 0 Å². The molecular weight excluding hydrogens is 236 g/mol. The van der Waals surface area contributed by atoms with E-state index in [1.165, 1.54) is 11.8 Å². The third-order valence-electron chi connectivity index (χ3n) is 2.01. The van der Waals surface area contributed by atoms with Crippen LogP contribution in [0.25, 0.3) is 0 Å². The first-order valence-electron chi connectivity index (χ1n) is 5.02. The third-order valence-corrected chi connectivity index (χ3v) is 3.47. The van der Waals surface area contributed by atoms with Crippen LogP contribution in [0.4, 0.5) is 0 Å². The maximum atomic E-state index is 11.3. The van der Waals surface area contributed by atoms with Gasteiger partial charge < -0.3 is 0 Å². The summed E-state index contributed by atoms with van der Waals surface area (Å²) in [5, 5.41) is 0.0517. The van der Waals surface area contributed by atoms with E-state index in [0.29, 0.717) is 5.57 Å². The highest BCUT2D eigenvalue weighted by molar-refractivity contribution is 8.14. The number of hydrogen-bond acceptors (Lipinski definition) is 3. The molecule has 0 atom stereocenters. The zero-order valence-electron chi connectivity index (χ0n) is 9.23. The molecule has 0 aliphatic heterocycles. The first-order chi connectivity index (χ1) is 7.61. The second-order valence-electron chi connectivity index (χ2n) is 3.46. The van der Waals surface area contributed by atoms with Crippen LogP contribution in [0.1, 0.15) is 18.9 Å². The minimum atomic E-state index is 0.0517. The van der Waals surface area contributed by atoms with Gasteiger partial charge in [0.1, 0.15) is 0 Å². The number of rotatable bonds is 5. The van der Waals surface area contributed by atoms with Crippen molar-refractivity contribution >= 4 is 34.0 Å². The average molecular weight is 250 g/mol. The lowest BCUT2D eigenvalue weighted by molar-refractivity contribution is -0.107. The van der Waals surface area contributed by atoms with E-state index in [2.05, 4.69) is 6.58 Å². The van der Waals surface area contributed by atoms with E-state index in [1.54, 1.807) is 6.92 Å². The molecule has 0 unspecified atom stereocenters. The smallest absolute Gasteiger partial charge is 0.214 e. The van der Waals surface area contributed by atoms with Crippen LogP contribution < -0.4 is 0 Å². The number of thioether (sulfide) groups is 1. The fourth-order valence-electron chi connectivity index (χ4n) is 1.13. The molecule has 0 fully saturated rings. The van der Waals surface area contributed by atoms with Crippen molar-refractivity contribution < 1.29 is 4.79 Å². The highest BCUT2D eigenvalue weighted by Gasteiger charge is 2.05. The molecule has 84 valence electrons. The van der Waals surface area contributed by atoms with Crippen LogP contribution in [-0.2, 0) is 4.79 Å². The first kappa shape index (κ1) is 13.1. The Morgan fingerprint density at radius 1 is 1.38 bits per heavy atom. The fraction of sp³-hybridized carbons (Fsp3) is 0.231. The molecule has 0 aromatic heterocycles. The quantitative estimate of drug-likeness (QED) is 0.451. The van der Waals surface area contributed by atoms with Gasteiger partial charge in [-0.2, -0.15) is 0 Å². The van der Waals surface area contributed by atoms with Crippen molar-refractivity contribution in [1.82, 2.24) is 0 Å². The van der Waals surface area contributed by atoms with E-state index in [1.807, 2.05) is 30.3 Å². The van der Waals surface area contributed by atoms with Gasteiger partial charge in [0.2, 0.25) is 5.12 Å². The van der Waals surface area contributed by atoms with Gasteiger partial charge in [0.05, 0.1) is 0 Å². The third kappa shape index (κ3) is 4.29. The first-order valence-corrected chi connectivity index (χ1v) is 6.41. The van der Waals surface area contributed by atoms with Gasteiger partial charge in [0.15, 0.2) is 0 Å². The summed E-state index contributed by atoms with van der Waals surface area (Å²) in [7, 11) is 0. The summed E-state index contributed by atoms with van der Waals surface area (Å²) in [6.45, 7) is 5.33. The Hall–Kier alpha value is -0.930. The normalized spacial score (nSPS) is 9.81. The predicted octanol–water partition coefficient (Wildman–Crippen LogP) is 3.63. The topological polar surface area (TPSA) is 17.1 Å². The van der Waals surface area contributed by atoms with Gasteiger partial charge in [-0.1, -0.05) is 60.9 Å². The summed E-state index contributed by atoms with van der Waals surface area (Å²) >= 11 is 6.57. The van der Waals surface area contributed by atoms with E-state index in [4.69, 9.17) is 12.2 Å². The van der Waals surface area contributed by atoms with Gasteiger partial charge in [-0.15, -0.1) is 0 Å². The van der Waals surface area contributed by atoms with Crippen molar-refractivity contribution in [3.8, 4) is 0 Å². The lowest BCUT2D eigenvalue weighted by Crippen LogP contribution is -2.01. The summed E-state index contributed by atoms with van der Waals surface area (Å²) in [6.07, 6.45) is 0.753. The standard InChI is InChI=1S/C13H14OS2/c1-10(2)13(14)16-9-8-12(15)11-6-4-3-5-7-11/h3-7H,1,8-9H2,2H3. The SMILES string of the molecule is C=C(C)C(=O)SCCC(=S)c1ccccc1. The summed E-state index contributed by atoms with van der Waals surface area (Å²) in [5.74, 6) is 0.722. The van der Waals surface area contributed by atoms with E-state index in [0.717, 1.165) is 22.6 Å². The summed E-state index contributed by atoms with van der Waals surface area (Å²) in [6, 6.07) is 9.88. The Labute approximate surface area is 106 Å². The maximum absolute atomic E-state index is 11.3. The predicted molar refractivity (Wildman–Crippen MR) is 75.0 cm³/mol. The molecule has 0 aliphatic carbocycles. The van der Waals surface area contributed by atoms with Gasteiger partial charge in [-0.3, -0.25) is 4.79 Å². The van der Waals surface area contributed by atoms with Crippen molar-refractivity contribution in [2.24, 2.45) is 0 Å². The molecule has 0 aliphatic rings. The summed E-state index contributed by atoms with van der Waals surface area (Å²) in [4.78, 5) is 12.2. The molecule has 0 saturated carbocycles. The van der Waals surface area contributed by atoms with Gasteiger partial charge in [0.25, 0.3) is 0 Å². The van der Waals surface area contributed by atoms with E-state index in [-0.39, 0.29) is 5.12 Å². The van der Waals surface area contributed by atoms with Crippen molar-refractivity contribution in [3.05, 3.63) is 48.0 Å². The zero-order chi connectivity index (χ0) is 12.0. The van der Waals surface area contributed by atoms with Crippen LogP contribution in [-0.4, -0.2) is 15.7 Å². The molecular formula is C13H14OS2. The summed E-state index contributed by atoms with van der Waals surface area (Å²) in [5.41, 5.74) is 1.66. The van der Waals surface area contributed by atoms with Gasteiger partial charge >= 0.3 is 0 Å². The lowest BCUT2D eigenvalue weighted by Gasteiger charge is -2.03. The van der Waals surface area contributed by atoms with Gasteiger partial charge in [-0.05, 0) is 24.5 Å². The fourth-order valence-corrected chi connectivity index (χ4v) is 2.23. The second kappa shape index (κ2) is 6.61. The molecule has 0 spiro atoms. The molecule has 0 amide bonds. The molecule has 16 heavy (non-hydrogen) atoms. The van der Waals surface area contributed by atoms with Crippen molar-refractivity contribution in [2.45, 2.75) is 13.3 Å². The van der Waals surface area contributed by atoms with Gasteiger partial charge in [0, 0.05) is 10.6 Å². The van der Waals surface area contributed by atoms with E-state index in [9.17, 15) is 4.79 Å². The van der Waals surface area contributed by atoms with Crippen LogP contribution in [0.15, 0.2) is 42.5 Å². The monoisotopic (exact) mass is 250 g/mol. The van der Waals surface area contributed by atoms with Crippen LogP contribution in [0, 0.1) is 0 Å². The highest BCUT2D eigenvalue weighted by atomic mass is 32.2. The number of carbonyl (C=O) groups excluding carboxylic acids is 1. The van der Waals surface area contributed by atoms with Crippen LogP contribution >= 0.6 is 24.0 Å². The lowest BCUT2D eigenvalue weighted by atomic mass is 10.1. The Kier molecular flexibility index (Phi) is 5.43. The molecule has 3 heteroatoms. The molecule has 1 rings (SSSR count). The number of thiocarbonyl (C=S) groups is 1. The average Bonchev–Trinajstić information content (AvgIpc) is 2.29. The summed E-state index contributed by atoms with van der Waals surface area (Å²) < 4.78 is 0. The van der Waals surface area contributed by atoms with Crippen molar-refractivity contribution in [3.63, 3.8) is 0 Å². The number of benzene rings is 1. The Morgan fingerprint density at radius 3 is 2.56 bits per heavy atom. The van der Waals surface area contributed by atoms with Crippen LogP contribution in [0.5, 0.6) is 0 Å². The van der Waals surface area contributed by atoms with E-state index >= 15 is 0 Å². The minimum absolute atomic E-state index is 0.0517. The molecule has 0 heterocycles. The molecule has 1 nitrogen and oxygen atoms in total. The maximum Gasteiger partial charge on any atom is 0.214 e.